The van der Waals surface area contributed by atoms with Crippen molar-refractivity contribution in [1.82, 2.24) is 14.5 Å². The van der Waals surface area contributed by atoms with Gasteiger partial charge in [-0.15, -0.1) is 0 Å². The molecule has 22 heavy (non-hydrogen) atoms. The van der Waals surface area contributed by atoms with Crippen molar-refractivity contribution in [2.75, 3.05) is 7.05 Å². The highest BCUT2D eigenvalue weighted by molar-refractivity contribution is 5.98. The summed E-state index contributed by atoms with van der Waals surface area (Å²) in [4.78, 5) is 26.4. The first-order valence-corrected chi connectivity index (χ1v) is 6.99. The minimum Gasteiger partial charge on any atom is -0.483 e. The molecule has 2 heterocycles. The zero-order valence-electron chi connectivity index (χ0n) is 12.9. The monoisotopic (exact) mass is 301 g/mol. The Morgan fingerprint density at radius 3 is 2.68 bits per heavy atom. The molecule has 6 heteroatoms. The second kappa shape index (κ2) is 6.43. The lowest BCUT2D eigenvalue weighted by atomic mass is 10.1. The molecule has 1 aliphatic heterocycles. The van der Waals surface area contributed by atoms with E-state index in [0.717, 1.165) is 22.5 Å². The number of amides is 1. The Hall–Kier alpha value is -2.63. The highest BCUT2D eigenvalue weighted by Crippen LogP contribution is 2.28. The highest BCUT2D eigenvalue weighted by Gasteiger charge is 2.24. The second-order valence-corrected chi connectivity index (χ2v) is 5.39. The summed E-state index contributed by atoms with van der Waals surface area (Å²) in [5.74, 6) is 1.06. The first kappa shape index (κ1) is 15.8. The molecule has 6 nitrogen and oxygen atoms in total. The minimum absolute atomic E-state index is 0.105. The zero-order chi connectivity index (χ0) is 16.3. The van der Waals surface area contributed by atoms with Crippen molar-refractivity contribution in [3.8, 4) is 11.4 Å². The van der Waals surface area contributed by atoms with Crippen molar-refractivity contribution in [3.63, 3.8) is 0 Å². The van der Waals surface area contributed by atoms with Gasteiger partial charge in [0, 0.05) is 43.2 Å². The van der Waals surface area contributed by atoms with E-state index >= 15 is 0 Å². The highest BCUT2D eigenvalue weighted by atomic mass is 16.3. The van der Waals surface area contributed by atoms with Gasteiger partial charge in [-0.3, -0.25) is 9.59 Å². The summed E-state index contributed by atoms with van der Waals surface area (Å²) < 4.78 is 2.14. The molecule has 0 atom stereocenters. The van der Waals surface area contributed by atoms with Crippen molar-refractivity contribution < 1.29 is 14.7 Å². The molecule has 3 rings (SSSR count). The lowest BCUT2D eigenvalue weighted by molar-refractivity contribution is -0.122. The topological polar surface area (TPSA) is 75.4 Å². The van der Waals surface area contributed by atoms with E-state index in [1.807, 2.05) is 31.6 Å². The van der Waals surface area contributed by atoms with Gasteiger partial charge in [-0.05, 0) is 31.5 Å². The van der Waals surface area contributed by atoms with Gasteiger partial charge in [-0.2, -0.15) is 0 Å². The maximum absolute atomic E-state index is 11.9. The van der Waals surface area contributed by atoms with E-state index in [4.69, 9.17) is 9.90 Å². The van der Waals surface area contributed by atoms with Crippen LogP contribution in [0.25, 0.3) is 11.4 Å². The predicted octanol–water partition coefficient (Wildman–Crippen LogP) is 2.42. The average molecular weight is 301 g/mol. The van der Waals surface area contributed by atoms with Crippen molar-refractivity contribution in [2.24, 2.45) is 0 Å². The molecule has 116 valence electrons. The molecular weight excluding hydrogens is 282 g/mol. The van der Waals surface area contributed by atoms with Crippen molar-refractivity contribution >= 4 is 12.4 Å². The van der Waals surface area contributed by atoms with Gasteiger partial charge in [0.2, 0.25) is 0 Å². The van der Waals surface area contributed by atoms with Crippen LogP contribution in [0, 0.1) is 0 Å². The Bertz CT molecular complexity index is 692. The predicted molar refractivity (Wildman–Crippen MR) is 82.5 cm³/mol. The molecule has 0 fully saturated rings. The third-order valence-electron chi connectivity index (χ3n) is 3.57. The Morgan fingerprint density at radius 2 is 2.05 bits per heavy atom. The second-order valence-electron chi connectivity index (χ2n) is 5.39. The third-order valence-corrected chi connectivity index (χ3v) is 3.57. The van der Waals surface area contributed by atoms with E-state index in [-0.39, 0.29) is 12.4 Å². The van der Waals surface area contributed by atoms with Crippen LogP contribution in [-0.4, -0.2) is 39.0 Å². The fraction of sp³-hybridized carbons (Fsp3) is 0.312. The summed E-state index contributed by atoms with van der Waals surface area (Å²) in [6, 6.07) is 6.35. The number of carboxylic acid groups (broad SMARTS) is 1. The van der Waals surface area contributed by atoms with Crippen molar-refractivity contribution in [2.45, 2.75) is 26.4 Å². The molecule has 2 aromatic rings. The van der Waals surface area contributed by atoms with Gasteiger partial charge >= 0.3 is 0 Å². The van der Waals surface area contributed by atoms with Crippen LogP contribution >= 0.6 is 0 Å². The molecule has 0 aliphatic carbocycles. The third kappa shape index (κ3) is 2.86. The van der Waals surface area contributed by atoms with Gasteiger partial charge in [0.25, 0.3) is 12.4 Å². The molecule has 1 aromatic heterocycles. The molecule has 0 radical (unpaired) electrons. The van der Waals surface area contributed by atoms with Crippen LogP contribution in [-0.2, 0) is 11.3 Å². The summed E-state index contributed by atoms with van der Waals surface area (Å²) >= 11 is 0. The maximum atomic E-state index is 11.9. The summed E-state index contributed by atoms with van der Waals surface area (Å²) in [7, 11) is 1.83. The Morgan fingerprint density at radius 1 is 1.36 bits per heavy atom. The Labute approximate surface area is 129 Å². The molecule has 1 amide bonds. The number of rotatable bonds is 2. The molecule has 0 saturated carbocycles. The Balaban J connectivity index is 0.000000545. The van der Waals surface area contributed by atoms with Gasteiger partial charge in [0.1, 0.15) is 5.82 Å². The molecule has 0 spiro atoms. The van der Waals surface area contributed by atoms with Gasteiger partial charge in [0.15, 0.2) is 0 Å². The molecule has 1 aliphatic rings. The molecule has 0 bridgehead atoms. The lowest BCUT2D eigenvalue weighted by Crippen LogP contribution is -2.17. The van der Waals surface area contributed by atoms with Gasteiger partial charge in [-0.1, -0.05) is 6.07 Å². The van der Waals surface area contributed by atoms with Gasteiger partial charge in [-0.25, -0.2) is 4.98 Å². The number of carbonyl (C=O) groups is 2. The van der Waals surface area contributed by atoms with Crippen LogP contribution in [0.1, 0.15) is 35.8 Å². The number of nitrogens with zero attached hydrogens (tertiary/aromatic N) is 3. The number of benzene rings is 1. The first-order valence-electron chi connectivity index (χ1n) is 6.99. The summed E-state index contributed by atoms with van der Waals surface area (Å²) in [5, 5.41) is 6.89. The first-order chi connectivity index (χ1) is 10.5. The van der Waals surface area contributed by atoms with Crippen LogP contribution in [0.4, 0.5) is 0 Å². The molecule has 1 aromatic carbocycles. The average Bonchev–Trinajstić information content (AvgIpc) is 3.06. The maximum Gasteiger partial charge on any atom is 0.290 e. The number of aromatic nitrogens is 2. The number of hydrogen-bond donors (Lipinski definition) is 1. The van der Waals surface area contributed by atoms with Crippen LogP contribution in [0.15, 0.2) is 30.6 Å². The SMILES string of the molecule is CC(C)n1ccnc1-c1ccc2c(c1)CN(C)C2=O.O=CO. The van der Waals surface area contributed by atoms with Crippen LogP contribution < -0.4 is 0 Å². The number of imidazole rings is 1. The zero-order valence-corrected chi connectivity index (χ0v) is 12.9. The van der Waals surface area contributed by atoms with Gasteiger partial charge in [0.05, 0.1) is 0 Å². The fourth-order valence-corrected chi connectivity index (χ4v) is 2.56. The standard InChI is InChI=1S/C15H17N3O.CH2O2/c1-10(2)18-7-6-16-14(18)11-4-5-13-12(8-11)9-17(3)15(13)19;2-1-3/h4-8,10H,9H2,1-3H3;1H,(H,2,3). The quantitative estimate of drug-likeness (QED) is 0.864. The fourth-order valence-electron chi connectivity index (χ4n) is 2.56. The number of carbonyl (C=O) groups excluding carboxylic acids is 1. The normalized spacial score (nSPS) is 12.9. The number of fused-ring (bicyclic) bond motifs is 1. The van der Waals surface area contributed by atoms with E-state index in [1.165, 1.54) is 0 Å². The van der Waals surface area contributed by atoms with Crippen molar-refractivity contribution in [1.29, 1.82) is 0 Å². The smallest absolute Gasteiger partial charge is 0.290 e. The van der Waals surface area contributed by atoms with E-state index in [1.54, 1.807) is 4.90 Å². The van der Waals surface area contributed by atoms with E-state index in [0.29, 0.717) is 12.6 Å². The van der Waals surface area contributed by atoms with Crippen molar-refractivity contribution in [3.05, 3.63) is 41.7 Å². The van der Waals surface area contributed by atoms with E-state index in [9.17, 15) is 4.79 Å². The summed E-state index contributed by atoms with van der Waals surface area (Å²) in [5.41, 5.74) is 2.97. The lowest BCUT2D eigenvalue weighted by Gasteiger charge is -2.11. The van der Waals surface area contributed by atoms with Gasteiger partial charge < -0.3 is 14.6 Å². The number of hydrogen-bond acceptors (Lipinski definition) is 3. The van der Waals surface area contributed by atoms with E-state index in [2.05, 4.69) is 29.5 Å². The molecule has 1 N–H and O–H groups in total. The molecule has 0 unspecified atom stereocenters. The van der Waals surface area contributed by atoms with Crippen LogP contribution in [0.3, 0.4) is 0 Å². The van der Waals surface area contributed by atoms with Crippen LogP contribution in [0.2, 0.25) is 0 Å². The molecular formula is C16H19N3O3. The van der Waals surface area contributed by atoms with E-state index < -0.39 is 0 Å². The van der Waals surface area contributed by atoms with Crippen LogP contribution in [0.5, 0.6) is 0 Å². The largest absolute Gasteiger partial charge is 0.483 e. The Kier molecular flexibility index (Phi) is 4.60. The molecule has 0 saturated heterocycles. The minimum atomic E-state index is -0.250. The summed E-state index contributed by atoms with van der Waals surface area (Å²) in [6.07, 6.45) is 3.81. The summed E-state index contributed by atoms with van der Waals surface area (Å²) in [6.45, 7) is 4.70.